The highest BCUT2D eigenvalue weighted by Crippen LogP contribution is 2.36. The summed E-state index contributed by atoms with van der Waals surface area (Å²) in [5, 5.41) is 17.0. The first-order valence-corrected chi connectivity index (χ1v) is 9.83. The molecule has 0 saturated heterocycles. The van der Waals surface area contributed by atoms with Gasteiger partial charge in [-0.3, -0.25) is 5.10 Å². The minimum Gasteiger partial charge on any atom is -0.482 e. The van der Waals surface area contributed by atoms with Gasteiger partial charge in [0, 0.05) is 5.39 Å². The fraction of sp³-hybridized carbons (Fsp3) is 0.120. The number of aliphatic carboxylic acids is 1. The van der Waals surface area contributed by atoms with Gasteiger partial charge in [-0.05, 0) is 58.5 Å². The molecule has 3 aromatic carbocycles. The van der Waals surface area contributed by atoms with Gasteiger partial charge in [0.05, 0.1) is 11.7 Å². The van der Waals surface area contributed by atoms with Crippen LogP contribution in [-0.4, -0.2) is 27.9 Å². The molecule has 30 heavy (non-hydrogen) atoms. The Balaban J connectivity index is 1.85. The molecule has 0 fully saturated rings. The van der Waals surface area contributed by atoms with Crippen LogP contribution in [-0.2, 0) is 4.79 Å². The van der Waals surface area contributed by atoms with Gasteiger partial charge in [-0.2, -0.15) is 5.10 Å². The first kappa shape index (κ1) is 19.5. The molecular formula is C25H22N2O3. The van der Waals surface area contributed by atoms with Gasteiger partial charge in [0.2, 0.25) is 0 Å². The summed E-state index contributed by atoms with van der Waals surface area (Å²) in [6.07, 6.45) is 2.69. The summed E-state index contributed by atoms with van der Waals surface area (Å²) in [5.41, 5.74) is 6.68. The Morgan fingerprint density at radius 1 is 0.967 bits per heavy atom. The second-order valence-corrected chi connectivity index (χ2v) is 6.95. The van der Waals surface area contributed by atoms with E-state index in [-0.39, 0.29) is 6.61 Å². The van der Waals surface area contributed by atoms with E-state index in [1.165, 1.54) is 11.1 Å². The maximum atomic E-state index is 10.8. The normalized spacial score (nSPS) is 11.9. The van der Waals surface area contributed by atoms with Crippen LogP contribution in [0.25, 0.3) is 22.0 Å². The number of benzene rings is 3. The van der Waals surface area contributed by atoms with E-state index in [9.17, 15) is 4.79 Å². The zero-order chi connectivity index (χ0) is 20.9. The third-order valence-electron chi connectivity index (χ3n) is 5.01. The van der Waals surface area contributed by atoms with Gasteiger partial charge in [0.1, 0.15) is 5.75 Å². The SMILES string of the molecule is CCC(=C(c1ccc(OCC(=O)O)cc1)c1ccc2[nH]ncc2c1)c1ccccc1. The topological polar surface area (TPSA) is 75.2 Å². The summed E-state index contributed by atoms with van der Waals surface area (Å²) in [7, 11) is 0. The number of ether oxygens (including phenoxy) is 1. The lowest BCUT2D eigenvalue weighted by Crippen LogP contribution is -2.09. The number of aromatic amines is 1. The number of hydrogen-bond donors (Lipinski definition) is 2. The van der Waals surface area contributed by atoms with Crippen molar-refractivity contribution in [3.63, 3.8) is 0 Å². The largest absolute Gasteiger partial charge is 0.482 e. The van der Waals surface area contributed by atoms with E-state index in [0.717, 1.165) is 34.0 Å². The summed E-state index contributed by atoms with van der Waals surface area (Å²) >= 11 is 0. The number of nitrogens with zero attached hydrogens (tertiary/aromatic N) is 1. The molecule has 1 aromatic heterocycles. The van der Waals surface area contributed by atoms with Crippen LogP contribution >= 0.6 is 0 Å². The number of allylic oxidation sites excluding steroid dienone is 1. The van der Waals surface area contributed by atoms with Crippen LogP contribution < -0.4 is 4.74 Å². The highest BCUT2D eigenvalue weighted by atomic mass is 16.5. The molecule has 0 aliphatic carbocycles. The number of hydrogen-bond acceptors (Lipinski definition) is 3. The van der Waals surface area contributed by atoms with Crippen LogP contribution in [0, 0.1) is 0 Å². The number of nitrogens with one attached hydrogen (secondary N) is 1. The van der Waals surface area contributed by atoms with Crippen LogP contribution in [0.1, 0.15) is 30.0 Å². The van der Waals surface area contributed by atoms with Gasteiger partial charge in [-0.25, -0.2) is 4.79 Å². The van der Waals surface area contributed by atoms with Crippen molar-refractivity contribution < 1.29 is 14.6 Å². The molecule has 0 amide bonds. The first-order chi connectivity index (χ1) is 14.7. The summed E-state index contributed by atoms with van der Waals surface area (Å²) in [6.45, 7) is 1.80. The standard InChI is InChI=1S/C25H22N2O3/c1-2-22(17-6-4-3-5-7-17)25(19-10-13-23-20(14-19)15-26-27-23)18-8-11-21(12-9-18)30-16-24(28)29/h3-15H,2,16H2,1H3,(H,26,27)(H,28,29). The number of carboxylic acids is 1. The van der Waals surface area contributed by atoms with Crippen molar-refractivity contribution >= 4 is 28.0 Å². The van der Waals surface area contributed by atoms with E-state index >= 15 is 0 Å². The fourth-order valence-electron chi connectivity index (χ4n) is 3.64. The molecule has 0 atom stereocenters. The van der Waals surface area contributed by atoms with Crippen molar-refractivity contribution in [2.45, 2.75) is 13.3 Å². The molecular weight excluding hydrogens is 376 g/mol. The molecule has 0 aliphatic heterocycles. The second kappa shape index (κ2) is 8.66. The molecule has 150 valence electrons. The van der Waals surface area contributed by atoms with Crippen molar-refractivity contribution in [2.75, 3.05) is 6.61 Å². The summed E-state index contributed by atoms with van der Waals surface area (Å²) in [5.74, 6) is -0.464. The smallest absolute Gasteiger partial charge is 0.341 e. The maximum Gasteiger partial charge on any atom is 0.341 e. The van der Waals surface area contributed by atoms with Crippen molar-refractivity contribution in [2.24, 2.45) is 0 Å². The predicted molar refractivity (Wildman–Crippen MR) is 118 cm³/mol. The van der Waals surface area contributed by atoms with Gasteiger partial charge in [0.15, 0.2) is 6.61 Å². The third-order valence-corrected chi connectivity index (χ3v) is 5.01. The Labute approximate surface area is 174 Å². The van der Waals surface area contributed by atoms with Crippen LogP contribution in [0.5, 0.6) is 5.75 Å². The first-order valence-electron chi connectivity index (χ1n) is 9.83. The zero-order valence-corrected chi connectivity index (χ0v) is 16.6. The summed E-state index contributed by atoms with van der Waals surface area (Å²) in [4.78, 5) is 10.8. The van der Waals surface area contributed by atoms with Gasteiger partial charge in [-0.15, -0.1) is 0 Å². The Morgan fingerprint density at radius 2 is 1.70 bits per heavy atom. The van der Waals surface area contributed by atoms with E-state index < -0.39 is 5.97 Å². The summed E-state index contributed by atoms with van der Waals surface area (Å²) < 4.78 is 5.30. The number of H-pyrrole nitrogens is 1. The lowest BCUT2D eigenvalue weighted by Gasteiger charge is -2.17. The lowest BCUT2D eigenvalue weighted by molar-refractivity contribution is -0.139. The quantitative estimate of drug-likeness (QED) is 0.409. The molecule has 5 nitrogen and oxygen atoms in total. The summed E-state index contributed by atoms with van der Waals surface area (Å²) in [6, 6.07) is 24.2. The van der Waals surface area contributed by atoms with E-state index in [0.29, 0.717) is 5.75 Å². The lowest BCUT2D eigenvalue weighted by atomic mass is 9.88. The van der Waals surface area contributed by atoms with Crippen LogP contribution in [0.2, 0.25) is 0 Å². The highest BCUT2D eigenvalue weighted by Gasteiger charge is 2.14. The molecule has 4 aromatic rings. The molecule has 5 heteroatoms. The van der Waals surface area contributed by atoms with Crippen LogP contribution in [0.3, 0.4) is 0 Å². The predicted octanol–water partition coefficient (Wildman–Crippen LogP) is 5.40. The zero-order valence-electron chi connectivity index (χ0n) is 16.6. The van der Waals surface area contributed by atoms with Gasteiger partial charge < -0.3 is 9.84 Å². The molecule has 0 aliphatic rings. The van der Waals surface area contributed by atoms with E-state index in [1.807, 2.05) is 54.7 Å². The van der Waals surface area contributed by atoms with E-state index in [4.69, 9.17) is 9.84 Å². The average molecular weight is 398 g/mol. The van der Waals surface area contributed by atoms with Gasteiger partial charge in [-0.1, -0.05) is 55.5 Å². The molecule has 1 heterocycles. The van der Waals surface area contributed by atoms with Crippen LogP contribution in [0.4, 0.5) is 0 Å². The van der Waals surface area contributed by atoms with Crippen LogP contribution in [0.15, 0.2) is 79.0 Å². The molecule has 0 spiro atoms. The van der Waals surface area contributed by atoms with Gasteiger partial charge in [0.25, 0.3) is 0 Å². The fourth-order valence-corrected chi connectivity index (χ4v) is 3.64. The molecule has 4 rings (SSSR count). The van der Waals surface area contributed by atoms with Gasteiger partial charge >= 0.3 is 5.97 Å². The van der Waals surface area contributed by atoms with Crippen molar-refractivity contribution in [3.05, 3.63) is 95.7 Å². The molecule has 0 bridgehead atoms. The third kappa shape index (κ3) is 4.10. The Bertz CT molecular complexity index is 1190. The van der Waals surface area contributed by atoms with Crippen molar-refractivity contribution in [3.8, 4) is 5.75 Å². The number of fused-ring (bicyclic) bond motifs is 1. The highest BCUT2D eigenvalue weighted by molar-refractivity contribution is 6.00. The van der Waals surface area contributed by atoms with E-state index in [2.05, 4.69) is 41.4 Å². The minimum atomic E-state index is -0.995. The molecule has 2 N–H and O–H groups in total. The second-order valence-electron chi connectivity index (χ2n) is 6.95. The minimum absolute atomic E-state index is 0.358. The molecule has 0 saturated carbocycles. The Kier molecular flexibility index (Phi) is 5.61. The molecule has 0 unspecified atom stereocenters. The Morgan fingerprint density at radius 3 is 2.40 bits per heavy atom. The number of aromatic nitrogens is 2. The van der Waals surface area contributed by atoms with Crippen molar-refractivity contribution in [1.82, 2.24) is 10.2 Å². The maximum absolute atomic E-state index is 10.8. The van der Waals surface area contributed by atoms with E-state index in [1.54, 1.807) is 0 Å². The average Bonchev–Trinajstić information content (AvgIpc) is 3.25. The monoisotopic (exact) mass is 398 g/mol. The van der Waals surface area contributed by atoms with Crippen molar-refractivity contribution in [1.29, 1.82) is 0 Å². The number of carboxylic acid groups (broad SMARTS) is 1. The number of rotatable bonds is 7. The number of carbonyl (C=O) groups is 1. The molecule has 0 radical (unpaired) electrons. The Hall–Kier alpha value is -3.86.